The largest absolute Gasteiger partial charge is 0.366 e. The molecule has 0 N–H and O–H groups in total. The Morgan fingerprint density at radius 3 is 2.08 bits per heavy atom. The van der Waals surface area contributed by atoms with E-state index in [1.54, 1.807) is 12.1 Å². The van der Waals surface area contributed by atoms with Crippen molar-refractivity contribution in [2.24, 2.45) is 0 Å². The molecule has 0 atom stereocenters. The molecule has 0 saturated carbocycles. The highest BCUT2D eigenvalue weighted by Crippen LogP contribution is 2.36. The number of imide groups is 1. The number of anilines is 1. The summed E-state index contributed by atoms with van der Waals surface area (Å²) in [5.41, 5.74) is 3.58. The summed E-state index contributed by atoms with van der Waals surface area (Å²) in [7, 11) is 0. The van der Waals surface area contributed by atoms with Crippen molar-refractivity contribution in [3.8, 4) is 0 Å². The van der Waals surface area contributed by atoms with Gasteiger partial charge in [-0.15, -0.1) is 0 Å². The number of hydrogen-bond acceptors (Lipinski definition) is 3. The molecule has 5 heteroatoms. The lowest BCUT2D eigenvalue weighted by atomic mass is 10.0. The molecule has 4 nitrogen and oxygen atoms in total. The average Bonchev–Trinajstić information content (AvgIpc) is 3.23. The van der Waals surface area contributed by atoms with Crippen molar-refractivity contribution in [1.29, 1.82) is 0 Å². The van der Waals surface area contributed by atoms with E-state index in [2.05, 4.69) is 20.8 Å². The molecule has 2 aliphatic heterocycles. The summed E-state index contributed by atoms with van der Waals surface area (Å²) in [5, 5.41) is 0. The van der Waals surface area contributed by atoms with Crippen molar-refractivity contribution in [1.82, 2.24) is 4.90 Å². The number of nitrogens with zero attached hydrogens (tertiary/aromatic N) is 2. The number of halogens is 1. The number of rotatable bonds is 3. The third-order valence-electron chi connectivity index (χ3n) is 4.91. The molecule has 132 valence electrons. The van der Waals surface area contributed by atoms with Gasteiger partial charge in [0.2, 0.25) is 0 Å². The average molecular weight is 411 g/mol. The van der Waals surface area contributed by atoms with E-state index < -0.39 is 0 Å². The van der Waals surface area contributed by atoms with E-state index in [1.165, 1.54) is 4.90 Å². The minimum absolute atomic E-state index is 0.227. The van der Waals surface area contributed by atoms with Crippen LogP contribution in [0.4, 0.5) is 5.69 Å². The maximum absolute atomic E-state index is 13.3. The molecule has 2 heterocycles. The molecule has 0 aliphatic carbocycles. The van der Waals surface area contributed by atoms with Gasteiger partial charge in [0.1, 0.15) is 5.70 Å². The molecule has 0 aromatic heterocycles. The highest BCUT2D eigenvalue weighted by atomic mass is 79.9. The molecule has 2 amide bonds. The van der Waals surface area contributed by atoms with Gasteiger partial charge in [-0.2, -0.15) is 0 Å². The normalized spacial score (nSPS) is 17.6. The van der Waals surface area contributed by atoms with E-state index in [0.29, 0.717) is 17.0 Å². The summed E-state index contributed by atoms with van der Waals surface area (Å²) in [6.07, 6.45) is 2.09. The quantitative estimate of drug-likeness (QED) is 0.713. The zero-order chi connectivity index (χ0) is 18.3. The van der Waals surface area contributed by atoms with Crippen LogP contribution in [0, 0.1) is 6.92 Å². The molecule has 1 saturated heterocycles. The van der Waals surface area contributed by atoms with Crippen molar-refractivity contribution in [2.75, 3.05) is 18.0 Å². The van der Waals surface area contributed by atoms with Gasteiger partial charge in [-0.1, -0.05) is 45.8 Å². The van der Waals surface area contributed by atoms with Crippen LogP contribution in [-0.4, -0.2) is 29.8 Å². The second kappa shape index (κ2) is 6.72. The third kappa shape index (κ3) is 2.86. The summed E-state index contributed by atoms with van der Waals surface area (Å²) in [4.78, 5) is 29.9. The fourth-order valence-electron chi connectivity index (χ4n) is 3.56. The Hall–Kier alpha value is -2.40. The molecule has 2 aromatic carbocycles. The fraction of sp³-hybridized carbons (Fsp3) is 0.238. The lowest BCUT2D eigenvalue weighted by molar-refractivity contribution is -0.120. The first kappa shape index (κ1) is 17.0. The number of benzene rings is 2. The zero-order valence-corrected chi connectivity index (χ0v) is 16.1. The van der Waals surface area contributed by atoms with E-state index in [1.807, 2.05) is 43.3 Å². The summed E-state index contributed by atoms with van der Waals surface area (Å²) in [6.45, 7) is 3.64. The molecule has 4 rings (SSSR count). The molecular formula is C21H19BrN2O2. The van der Waals surface area contributed by atoms with Crippen molar-refractivity contribution in [2.45, 2.75) is 19.8 Å². The molecule has 0 bridgehead atoms. The van der Waals surface area contributed by atoms with Crippen LogP contribution in [0.2, 0.25) is 0 Å². The minimum Gasteiger partial charge on any atom is -0.366 e. The van der Waals surface area contributed by atoms with E-state index in [0.717, 1.165) is 41.5 Å². The van der Waals surface area contributed by atoms with Crippen molar-refractivity contribution in [3.05, 3.63) is 69.8 Å². The molecule has 0 radical (unpaired) electrons. The van der Waals surface area contributed by atoms with Gasteiger partial charge in [0.05, 0.1) is 11.3 Å². The van der Waals surface area contributed by atoms with Gasteiger partial charge in [0.25, 0.3) is 11.8 Å². The minimum atomic E-state index is -0.247. The van der Waals surface area contributed by atoms with Crippen molar-refractivity contribution in [3.63, 3.8) is 0 Å². The summed E-state index contributed by atoms with van der Waals surface area (Å²) >= 11 is 3.40. The highest BCUT2D eigenvalue weighted by Gasteiger charge is 2.42. The van der Waals surface area contributed by atoms with E-state index in [-0.39, 0.29) is 11.8 Å². The number of aryl methyl sites for hydroxylation is 1. The van der Waals surface area contributed by atoms with E-state index in [9.17, 15) is 9.59 Å². The fourth-order valence-corrected chi connectivity index (χ4v) is 3.82. The van der Waals surface area contributed by atoms with Crippen LogP contribution >= 0.6 is 15.9 Å². The first-order valence-electron chi connectivity index (χ1n) is 8.77. The Balaban J connectivity index is 1.82. The topological polar surface area (TPSA) is 40.6 Å². The smallest absolute Gasteiger partial charge is 0.282 e. The van der Waals surface area contributed by atoms with Crippen molar-refractivity contribution >= 4 is 39.0 Å². The molecule has 2 aromatic rings. The number of likely N-dealkylation sites (tertiary alicyclic amines) is 1. The maximum atomic E-state index is 13.3. The number of amides is 2. The number of hydrogen-bond donors (Lipinski definition) is 0. The van der Waals surface area contributed by atoms with Gasteiger partial charge in [-0.25, -0.2) is 4.90 Å². The lowest BCUT2D eigenvalue weighted by Crippen LogP contribution is -2.34. The summed E-state index contributed by atoms with van der Waals surface area (Å²) in [6, 6.07) is 15.1. The monoisotopic (exact) mass is 410 g/mol. The maximum Gasteiger partial charge on any atom is 0.282 e. The second-order valence-electron chi connectivity index (χ2n) is 6.71. The molecule has 0 unspecified atom stereocenters. The number of carbonyl (C=O) groups excluding carboxylic acids is 2. The zero-order valence-electron chi connectivity index (χ0n) is 14.5. The van der Waals surface area contributed by atoms with E-state index >= 15 is 0 Å². The molecule has 2 aliphatic rings. The van der Waals surface area contributed by atoms with Crippen LogP contribution in [0.15, 0.2) is 58.7 Å². The predicted octanol–water partition coefficient (Wildman–Crippen LogP) is 4.14. The van der Waals surface area contributed by atoms with Crippen LogP contribution in [0.25, 0.3) is 5.57 Å². The first-order chi connectivity index (χ1) is 12.6. The van der Waals surface area contributed by atoms with Gasteiger partial charge in [-0.3, -0.25) is 9.59 Å². The van der Waals surface area contributed by atoms with Crippen LogP contribution in [0.3, 0.4) is 0 Å². The van der Waals surface area contributed by atoms with Gasteiger partial charge >= 0.3 is 0 Å². The predicted molar refractivity (Wildman–Crippen MR) is 106 cm³/mol. The summed E-state index contributed by atoms with van der Waals surface area (Å²) < 4.78 is 0.909. The van der Waals surface area contributed by atoms with Crippen LogP contribution < -0.4 is 4.90 Å². The van der Waals surface area contributed by atoms with Crippen LogP contribution in [-0.2, 0) is 9.59 Å². The van der Waals surface area contributed by atoms with Crippen molar-refractivity contribution < 1.29 is 9.59 Å². The van der Waals surface area contributed by atoms with Gasteiger partial charge in [0, 0.05) is 17.6 Å². The SMILES string of the molecule is Cc1ccc(C2=C(N3CCCC3)C(=O)N(c3ccc(Br)cc3)C2=O)cc1. The van der Waals surface area contributed by atoms with Gasteiger partial charge < -0.3 is 4.90 Å². The number of carbonyl (C=O) groups is 2. The highest BCUT2D eigenvalue weighted by molar-refractivity contribution is 9.10. The Morgan fingerprint density at radius 1 is 0.846 bits per heavy atom. The first-order valence-corrected chi connectivity index (χ1v) is 9.56. The van der Waals surface area contributed by atoms with Crippen LogP contribution in [0.5, 0.6) is 0 Å². The lowest BCUT2D eigenvalue weighted by Gasteiger charge is -2.20. The van der Waals surface area contributed by atoms with Gasteiger partial charge in [-0.05, 0) is 49.6 Å². The third-order valence-corrected chi connectivity index (χ3v) is 5.44. The molecule has 26 heavy (non-hydrogen) atoms. The Kier molecular flexibility index (Phi) is 4.41. The Bertz CT molecular complexity index is 895. The Labute approximate surface area is 161 Å². The second-order valence-corrected chi connectivity index (χ2v) is 7.62. The van der Waals surface area contributed by atoms with E-state index in [4.69, 9.17) is 0 Å². The molecular weight excluding hydrogens is 392 g/mol. The molecule has 0 spiro atoms. The summed E-state index contributed by atoms with van der Waals surface area (Å²) in [5.74, 6) is -0.474. The molecule has 1 fully saturated rings. The standard InChI is InChI=1S/C21H19BrN2O2/c1-14-4-6-15(7-5-14)18-19(23-12-2-3-13-23)21(26)24(20(18)25)17-10-8-16(22)9-11-17/h4-11H,2-3,12-13H2,1H3. The van der Waals surface area contributed by atoms with Crippen LogP contribution in [0.1, 0.15) is 24.0 Å². The Morgan fingerprint density at radius 2 is 1.46 bits per heavy atom. The van der Waals surface area contributed by atoms with Gasteiger partial charge in [0.15, 0.2) is 0 Å².